The van der Waals surface area contributed by atoms with Crippen molar-refractivity contribution in [1.82, 2.24) is 19.6 Å². The predicted molar refractivity (Wildman–Crippen MR) is 106 cm³/mol. The minimum atomic E-state index is -0.413. The van der Waals surface area contributed by atoms with E-state index in [-0.39, 0.29) is 24.2 Å². The van der Waals surface area contributed by atoms with Gasteiger partial charge in [-0.2, -0.15) is 5.10 Å². The number of nitrogens with zero attached hydrogens (tertiary/aromatic N) is 4. The average molecular weight is 399 g/mol. The first-order valence-corrected chi connectivity index (χ1v) is 9.99. The van der Waals surface area contributed by atoms with E-state index in [1.54, 1.807) is 36.1 Å². The van der Waals surface area contributed by atoms with Crippen molar-refractivity contribution in [3.63, 3.8) is 0 Å². The smallest absolute Gasteiger partial charge is 0.239 e. The molecular weight excluding hydrogens is 373 g/mol. The van der Waals surface area contributed by atoms with E-state index in [1.165, 1.54) is 12.1 Å². The highest BCUT2D eigenvalue weighted by Crippen LogP contribution is 2.40. The lowest BCUT2D eigenvalue weighted by molar-refractivity contribution is -0.146. The number of benzene rings is 1. The van der Waals surface area contributed by atoms with Gasteiger partial charge in [0.05, 0.1) is 12.0 Å². The monoisotopic (exact) mass is 399 g/mol. The Labute approximate surface area is 169 Å². The molecule has 154 valence electrons. The average Bonchev–Trinajstić information content (AvgIpc) is 3.28. The second-order valence-corrected chi connectivity index (χ2v) is 8.12. The Morgan fingerprint density at radius 1 is 1.21 bits per heavy atom. The van der Waals surface area contributed by atoms with E-state index in [0.29, 0.717) is 18.9 Å². The quantitative estimate of drug-likeness (QED) is 0.835. The fourth-order valence-corrected chi connectivity index (χ4v) is 4.45. The van der Waals surface area contributed by atoms with Gasteiger partial charge in [-0.05, 0) is 43.5 Å². The van der Waals surface area contributed by atoms with E-state index in [1.807, 2.05) is 4.90 Å². The largest absolute Gasteiger partial charge is 0.338 e. The van der Waals surface area contributed by atoms with Crippen LogP contribution in [0.15, 0.2) is 36.5 Å². The molecular formula is C21H26FN5O2. The fourth-order valence-electron chi connectivity index (χ4n) is 4.45. The van der Waals surface area contributed by atoms with Gasteiger partial charge in [-0.25, -0.2) is 4.39 Å². The Hall–Kier alpha value is -2.74. The SMILES string of the molecule is Cn1ccc(NC(=O)CN2CC[C@]3(CCCN(Cc4ccc(F)cc4)C3=O)C2)n1. The normalized spacial score (nSPS) is 22.4. The van der Waals surface area contributed by atoms with Crippen LogP contribution >= 0.6 is 0 Å². The molecule has 2 aliphatic heterocycles. The third-order valence-corrected chi connectivity index (χ3v) is 5.89. The summed E-state index contributed by atoms with van der Waals surface area (Å²) in [5.74, 6) is 0.295. The number of carbonyl (C=O) groups is 2. The lowest BCUT2D eigenvalue weighted by Gasteiger charge is -2.39. The third kappa shape index (κ3) is 4.32. The number of nitrogens with one attached hydrogen (secondary N) is 1. The highest BCUT2D eigenvalue weighted by atomic mass is 19.1. The molecule has 1 atom stereocenters. The van der Waals surface area contributed by atoms with Crippen LogP contribution in [0.25, 0.3) is 0 Å². The zero-order chi connectivity index (χ0) is 20.4. The summed E-state index contributed by atoms with van der Waals surface area (Å²) in [6.07, 6.45) is 4.34. The van der Waals surface area contributed by atoms with Crippen molar-refractivity contribution in [2.24, 2.45) is 12.5 Å². The van der Waals surface area contributed by atoms with Crippen LogP contribution in [0.3, 0.4) is 0 Å². The van der Waals surface area contributed by atoms with Gasteiger partial charge in [0, 0.05) is 38.9 Å². The predicted octanol–water partition coefficient (Wildman–Crippen LogP) is 2.01. The molecule has 3 heterocycles. The molecule has 2 aromatic rings. The molecule has 0 aliphatic carbocycles. The zero-order valence-electron chi connectivity index (χ0n) is 16.6. The van der Waals surface area contributed by atoms with Gasteiger partial charge in [0.1, 0.15) is 5.82 Å². The summed E-state index contributed by atoms with van der Waals surface area (Å²) < 4.78 is 14.8. The number of aryl methyl sites for hydroxylation is 1. The van der Waals surface area contributed by atoms with Gasteiger partial charge in [-0.15, -0.1) is 0 Å². The van der Waals surface area contributed by atoms with Gasteiger partial charge in [0.25, 0.3) is 0 Å². The molecule has 8 heteroatoms. The molecule has 1 aromatic carbocycles. The number of likely N-dealkylation sites (tertiary alicyclic amines) is 2. The summed E-state index contributed by atoms with van der Waals surface area (Å²) in [5, 5.41) is 6.96. The van der Waals surface area contributed by atoms with Gasteiger partial charge in [0.2, 0.25) is 11.8 Å². The van der Waals surface area contributed by atoms with Crippen LogP contribution in [0.5, 0.6) is 0 Å². The Morgan fingerprint density at radius 3 is 2.72 bits per heavy atom. The highest BCUT2D eigenvalue weighted by Gasteiger charge is 2.48. The first-order valence-electron chi connectivity index (χ1n) is 9.99. The molecule has 0 unspecified atom stereocenters. The van der Waals surface area contributed by atoms with Gasteiger partial charge in [-0.1, -0.05) is 12.1 Å². The molecule has 1 spiro atoms. The summed E-state index contributed by atoms with van der Waals surface area (Å²) in [4.78, 5) is 29.5. The number of anilines is 1. The topological polar surface area (TPSA) is 70.5 Å². The summed E-state index contributed by atoms with van der Waals surface area (Å²) >= 11 is 0. The van der Waals surface area contributed by atoms with E-state index in [2.05, 4.69) is 15.3 Å². The van der Waals surface area contributed by atoms with Gasteiger partial charge in [0.15, 0.2) is 5.82 Å². The van der Waals surface area contributed by atoms with Crippen molar-refractivity contribution >= 4 is 17.6 Å². The van der Waals surface area contributed by atoms with Crippen molar-refractivity contribution in [3.05, 3.63) is 47.9 Å². The van der Waals surface area contributed by atoms with E-state index in [0.717, 1.165) is 37.9 Å². The van der Waals surface area contributed by atoms with Crippen LogP contribution in [0.4, 0.5) is 10.2 Å². The minimum absolute atomic E-state index is 0.118. The molecule has 0 bridgehead atoms. The van der Waals surface area contributed by atoms with Crippen LogP contribution in [-0.4, -0.2) is 57.6 Å². The van der Waals surface area contributed by atoms with Crippen LogP contribution in [0.1, 0.15) is 24.8 Å². The van der Waals surface area contributed by atoms with E-state index in [4.69, 9.17) is 0 Å². The minimum Gasteiger partial charge on any atom is -0.338 e. The standard InChI is InChI=1S/C21H26FN5O2/c1-25-11-7-18(24-25)23-19(28)14-26-12-9-21(15-26)8-2-10-27(20(21)29)13-16-3-5-17(22)6-4-16/h3-7,11H,2,8-10,12-15H2,1H3,(H,23,24,28)/t21-/m1/s1. The molecule has 2 saturated heterocycles. The molecule has 29 heavy (non-hydrogen) atoms. The van der Waals surface area contributed by atoms with E-state index < -0.39 is 5.41 Å². The number of rotatable bonds is 5. The number of hydrogen-bond acceptors (Lipinski definition) is 4. The summed E-state index contributed by atoms with van der Waals surface area (Å²) in [5.41, 5.74) is 0.519. The first kappa shape index (κ1) is 19.6. The number of carbonyl (C=O) groups excluding carboxylic acids is 2. The lowest BCUT2D eigenvalue weighted by atomic mass is 9.78. The first-order chi connectivity index (χ1) is 13.9. The summed E-state index contributed by atoms with van der Waals surface area (Å²) in [6, 6.07) is 8.06. The number of amides is 2. The van der Waals surface area contributed by atoms with Crippen molar-refractivity contribution in [1.29, 1.82) is 0 Å². The number of hydrogen-bond donors (Lipinski definition) is 1. The number of halogens is 1. The summed E-state index contributed by atoms with van der Waals surface area (Å²) in [6.45, 7) is 2.80. The summed E-state index contributed by atoms with van der Waals surface area (Å²) in [7, 11) is 1.80. The van der Waals surface area contributed by atoms with E-state index in [9.17, 15) is 14.0 Å². The van der Waals surface area contributed by atoms with Crippen molar-refractivity contribution in [2.75, 3.05) is 31.5 Å². The maximum atomic E-state index is 13.3. The van der Waals surface area contributed by atoms with Crippen LogP contribution < -0.4 is 5.32 Å². The van der Waals surface area contributed by atoms with Crippen molar-refractivity contribution < 1.29 is 14.0 Å². The molecule has 1 N–H and O–H groups in total. The molecule has 2 amide bonds. The Kier molecular flexibility index (Phi) is 5.36. The molecule has 0 saturated carbocycles. The molecule has 2 fully saturated rings. The van der Waals surface area contributed by atoms with Gasteiger partial charge < -0.3 is 10.2 Å². The number of aromatic nitrogens is 2. The third-order valence-electron chi connectivity index (χ3n) is 5.89. The van der Waals surface area contributed by atoms with Crippen LogP contribution in [-0.2, 0) is 23.2 Å². The molecule has 4 rings (SSSR count). The second kappa shape index (κ2) is 7.94. The van der Waals surface area contributed by atoms with Crippen LogP contribution in [0, 0.1) is 11.2 Å². The fraction of sp³-hybridized carbons (Fsp3) is 0.476. The maximum Gasteiger partial charge on any atom is 0.239 e. The zero-order valence-corrected chi connectivity index (χ0v) is 16.6. The van der Waals surface area contributed by atoms with Gasteiger partial charge >= 0.3 is 0 Å². The molecule has 0 radical (unpaired) electrons. The molecule has 7 nitrogen and oxygen atoms in total. The van der Waals surface area contributed by atoms with Crippen molar-refractivity contribution in [2.45, 2.75) is 25.8 Å². The van der Waals surface area contributed by atoms with Gasteiger partial charge in [-0.3, -0.25) is 19.2 Å². The van der Waals surface area contributed by atoms with Crippen molar-refractivity contribution in [3.8, 4) is 0 Å². The van der Waals surface area contributed by atoms with E-state index >= 15 is 0 Å². The maximum absolute atomic E-state index is 13.3. The Morgan fingerprint density at radius 2 is 2.00 bits per heavy atom. The Balaban J connectivity index is 1.36. The highest BCUT2D eigenvalue weighted by molar-refractivity contribution is 5.91. The number of piperidine rings is 1. The van der Waals surface area contributed by atoms with Crippen LogP contribution in [0.2, 0.25) is 0 Å². The molecule has 2 aliphatic rings. The lowest BCUT2D eigenvalue weighted by Crippen LogP contribution is -2.50. The Bertz CT molecular complexity index is 897. The second-order valence-electron chi connectivity index (χ2n) is 8.12. The molecule has 1 aromatic heterocycles.